The van der Waals surface area contributed by atoms with Crippen LogP contribution in [-0.4, -0.2) is 33.0 Å². The van der Waals surface area contributed by atoms with E-state index in [-0.39, 0.29) is 5.91 Å². The highest BCUT2D eigenvalue weighted by atomic mass is 32.2. The molecule has 0 atom stereocenters. The van der Waals surface area contributed by atoms with Gasteiger partial charge in [-0.1, -0.05) is 30.0 Å². The van der Waals surface area contributed by atoms with Gasteiger partial charge in [0.15, 0.2) is 5.16 Å². The van der Waals surface area contributed by atoms with Crippen molar-refractivity contribution in [1.82, 2.24) is 14.8 Å². The van der Waals surface area contributed by atoms with Crippen LogP contribution in [0.4, 0.5) is 5.69 Å². The van der Waals surface area contributed by atoms with E-state index in [2.05, 4.69) is 33.1 Å². The molecule has 3 aromatic rings. The van der Waals surface area contributed by atoms with Crippen molar-refractivity contribution >= 4 is 23.4 Å². The Morgan fingerprint density at radius 3 is 2.79 bits per heavy atom. The summed E-state index contributed by atoms with van der Waals surface area (Å²) >= 11 is 1.63. The van der Waals surface area contributed by atoms with Gasteiger partial charge in [0, 0.05) is 24.3 Å². The Morgan fingerprint density at radius 1 is 1.21 bits per heavy atom. The minimum absolute atomic E-state index is 0.0868. The molecule has 1 fully saturated rings. The molecule has 0 radical (unpaired) electrons. The number of anilines is 1. The maximum absolute atomic E-state index is 11.4. The van der Waals surface area contributed by atoms with E-state index in [4.69, 9.17) is 4.74 Å². The summed E-state index contributed by atoms with van der Waals surface area (Å²) in [5.41, 5.74) is 2.91. The van der Waals surface area contributed by atoms with E-state index in [1.54, 1.807) is 11.8 Å². The van der Waals surface area contributed by atoms with Crippen LogP contribution in [0, 0.1) is 6.92 Å². The lowest BCUT2D eigenvalue weighted by Crippen LogP contribution is -2.08. The van der Waals surface area contributed by atoms with E-state index < -0.39 is 0 Å². The minimum atomic E-state index is -0.0868. The number of carbonyl (C=O) groups excluding carboxylic acids is 1. The zero-order valence-electron chi connectivity index (χ0n) is 16.6. The normalized spacial score (nSPS) is 13.3. The maximum atomic E-state index is 11.4. The third-order valence-corrected chi connectivity index (χ3v) is 5.49. The molecular formula is C22H24N4O2S. The molecule has 1 aromatic heterocycles. The Hall–Kier alpha value is -2.80. The number of rotatable bonds is 8. The topological polar surface area (TPSA) is 69.0 Å². The van der Waals surface area contributed by atoms with Crippen LogP contribution in [0.2, 0.25) is 0 Å². The molecule has 6 nitrogen and oxygen atoms in total. The molecule has 7 heteroatoms. The van der Waals surface area contributed by atoms with Gasteiger partial charge in [-0.2, -0.15) is 0 Å². The largest absolute Gasteiger partial charge is 0.493 e. The molecule has 0 saturated heterocycles. The number of hydrogen-bond donors (Lipinski definition) is 1. The number of thioether (sulfide) groups is 1. The first-order valence-corrected chi connectivity index (χ1v) is 10.7. The first-order valence-electron chi connectivity index (χ1n) is 9.76. The van der Waals surface area contributed by atoms with Crippen molar-refractivity contribution in [3.63, 3.8) is 0 Å². The molecular weight excluding hydrogens is 384 g/mol. The Balaban J connectivity index is 1.49. The van der Waals surface area contributed by atoms with E-state index in [0.29, 0.717) is 12.5 Å². The second kappa shape index (κ2) is 8.69. The van der Waals surface area contributed by atoms with Crippen LogP contribution in [0.1, 0.15) is 37.1 Å². The highest BCUT2D eigenvalue weighted by Gasteiger charge is 2.31. The van der Waals surface area contributed by atoms with Crippen LogP contribution in [0.15, 0.2) is 53.7 Å². The fourth-order valence-electron chi connectivity index (χ4n) is 3.15. The fraction of sp³-hybridized carbons (Fsp3) is 0.318. The molecule has 0 bridgehead atoms. The predicted molar refractivity (Wildman–Crippen MR) is 115 cm³/mol. The molecule has 1 N–H and O–H groups in total. The van der Waals surface area contributed by atoms with Crippen LogP contribution in [0.3, 0.4) is 0 Å². The lowest BCUT2D eigenvalue weighted by Gasteiger charge is -2.12. The van der Waals surface area contributed by atoms with Crippen molar-refractivity contribution in [2.75, 3.05) is 17.7 Å². The van der Waals surface area contributed by atoms with Crippen molar-refractivity contribution in [3.8, 4) is 11.4 Å². The van der Waals surface area contributed by atoms with E-state index in [1.165, 1.54) is 12.5 Å². The zero-order valence-corrected chi connectivity index (χ0v) is 17.4. The van der Waals surface area contributed by atoms with Gasteiger partial charge < -0.3 is 10.1 Å². The zero-order chi connectivity index (χ0) is 20.2. The van der Waals surface area contributed by atoms with Gasteiger partial charge in [0.1, 0.15) is 11.6 Å². The molecule has 150 valence electrons. The first kappa shape index (κ1) is 19.5. The summed E-state index contributed by atoms with van der Waals surface area (Å²) in [5, 5.41) is 12.6. The Bertz CT molecular complexity index is 1010. The summed E-state index contributed by atoms with van der Waals surface area (Å²) < 4.78 is 7.97. The van der Waals surface area contributed by atoms with Crippen molar-refractivity contribution < 1.29 is 9.53 Å². The molecule has 4 rings (SSSR count). The number of ether oxygens (including phenoxy) is 1. The van der Waals surface area contributed by atoms with Crippen molar-refractivity contribution in [2.45, 2.75) is 37.8 Å². The number of carbonyl (C=O) groups is 1. The van der Waals surface area contributed by atoms with E-state index in [1.807, 2.05) is 42.5 Å². The lowest BCUT2D eigenvalue weighted by atomic mass is 10.2. The highest BCUT2D eigenvalue weighted by Crippen LogP contribution is 2.41. The van der Waals surface area contributed by atoms with Crippen molar-refractivity contribution in [2.24, 2.45) is 0 Å². The van der Waals surface area contributed by atoms with Gasteiger partial charge in [0.05, 0.1) is 12.3 Å². The molecule has 0 unspecified atom stereocenters. The van der Waals surface area contributed by atoms with Crippen LogP contribution in [0.25, 0.3) is 5.69 Å². The van der Waals surface area contributed by atoms with Crippen LogP contribution < -0.4 is 10.1 Å². The number of amides is 1. The molecule has 1 heterocycles. The minimum Gasteiger partial charge on any atom is -0.493 e. The number of aromatic nitrogens is 3. The Labute approximate surface area is 174 Å². The molecule has 0 spiro atoms. The van der Waals surface area contributed by atoms with Gasteiger partial charge in [-0.3, -0.25) is 9.36 Å². The van der Waals surface area contributed by atoms with Gasteiger partial charge in [-0.15, -0.1) is 10.2 Å². The van der Waals surface area contributed by atoms with E-state index >= 15 is 0 Å². The number of hydrogen-bond acceptors (Lipinski definition) is 5. The molecule has 0 aliphatic heterocycles. The Kier molecular flexibility index (Phi) is 5.85. The second-order valence-electron chi connectivity index (χ2n) is 7.20. The fourth-order valence-corrected chi connectivity index (χ4v) is 3.92. The summed E-state index contributed by atoms with van der Waals surface area (Å²) in [6.45, 7) is 4.15. The van der Waals surface area contributed by atoms with Gasteiger partial charge in [-0.25, -0.2) is 0 Å². The smallest absolute Gasteiger partial charge is 0.221 e. The molecule has 29 heavy (non-hydrogen) atoms. The summed E-state index contributed by atoms with van der Waals surface area (Å²) in [6.07, 6.45) is 2.29. The first-order chi connectivity index (χ1) is 14.1. The average molecular weight is 409 g/mol. The van der Waals surface area contributed by atoms with Crippen LogP contribution >= 0.6 is 11.8 Å². The highest BCUT2D eigenvalue weighted by molar-refractivity contribution is 7.99. The van der Waals surface area contributed by atoms with Crippen LogP contribution in [0.5, 0.6) is 5.75 Å². The summed E-state index contributed by atoms with van der Waals surface area (Å²) in [7, 11) is 0. The molecule has 1 aliphatic rings. The van der Waals surface area contributed by atoms with Crippen LogP contribution in [-0.2, 0) is 4.79 Å². The third kappa shape index (κ3) is 4.98. The molecule has 1 aliphatic carbocycles. The monoisotopic (exact) mass is 408 g/mol. The predicted octanol–water partition coefficient (Wildman–Crippen LogP) is 4.58. The Morgan fingerprint density at radius 2 is 2.03 bits per heavy atom. The number of aryl methyl sites for hydroxylation is 1. The quantitative estimate of drug-likeness (QED) is 0.436. The van der Waals surface area contributed by atoms with Gasteiger partial charge in [-0.05, 0) is 55.7 Å². The molecule has 2 aromatic carbocycles. The van der Waals surface area contributed by atoms with Gasteiger partial charge >= 0.3 is 0 Å². The summed E-state index contributed by atoms with van der Waals surface area (Å²) in [6, 6.07) is 15.9. The molecule has 1 amide bonds. The number of nitrogens with one attached hydrogen (secondary N) is 1. The van der Waals surface area contributed by atoms with Gasteiger partial charge in [0.2, 0.25) is 5.91 Å². The number of nitrogens with zero attached hydrogens (tertiary/aromatic N) is 3. The van der Waals surface area contributed by atoms with E-state index in [0.717, 1.165) is 46.7 Å². The third-order valence-electron chi connectivity index (χ3n) is 4.60. The average Bonchev–Trinajstić information content (AvgIpc) is 3.45. The van der Waals surface area contributed by atoms with Crippen molar-refractivity contribution in [3.05, 3.63) is 59.9 Å². The summed E-state index contributed by atoms with van der Waals surface area (Å²) in [5.74, 6) is 3.02. The lowest BCUT2D eigenvalue weighted by molar-refractivity contribution is -0.114. The van der Waals surface area contributed by atoms with Gasteiger partial charge in [0.25, 0.3) is 0 Å². The second-order valence-corrected chi connectivity index (χ2v) is 8.26. The number of benzene rings is 2. The summed E-state index contributed by atoms with van der Waals surface area (Å²) in [4.78, 5) is 11.4. The SMILES string of the molecule is CC(=O)Nc1cccc(-n2c(SCCOc3cccc(C)c3)nnc2C2CC2)c1. The standard InChI is InChI=1S/C22H24N4O2S/c1-15-5-3-8-20(13-15)28-11-12-29-22-25-24-21(17-9-10-17)26(22)19-7-4-6-18(14-19)23-16(2)27/h3-8,13-14,17H,9-12H2,1-2H3,(H,23,27). The maximum Gasteiger partial charge on any atom is 0.221 e. The van der Waals surface area contributed by atoms with Crippen molar-refractivity contribution in [1.29, 1.82) is 0 Å². The molecule has 1 saturated carbocycles. The van der Waals surface area contributed by atoms with E-state index in [9.17, 15) is 4.79 Å².